The normalized spacial score (nSPS) is 10.2. The number of nitro benzene ring substituents is 1. The molecule has 0 aliphatic carbocycles. The molecule has 0 radical (unpaired) electrons. The lowest BCUT2D eigenvalue weighted by molar-refractivity contribution is -0.384. The molecule has 2 rings (SSSR count). The molecule has 0 unspecified atom stereocenters. The SMILES string of the molecule is COc1ccc([N+](=O)[O-])cc1CSc1ccc(N)cn1. The number of aromatic nitrogens is 1. The Bertz CT molecular complexity index is 617. The van der Waals surface area contributed by atoms with E-state index >= 15 is 0 Å². The molecule has 0 amide bonds. The Morgan fingerprint density at radius 2 is 2.20 bits per heavy atom. The highest BCUT2D eigenvalue weighted by molar-refractivity contribution is 7.98. The topological polar surface area (TPSA) is 91.3 Å². The zero-order valence-electron chi connectivity index (χ0n) is 10.8. The number of nitro groups is 1. The maximum absolute atomic E-state index is 10.8. The van der Waals surface area contributed by atoms with Crippen LogP contribution in [-0.4, -0.2) is 17.0 Å². The largest absolute Gasteiger partial charge is 0.496 e. The Morgan fingerprint density at radius 1 is 1.40 bits per heavy atom. The van der Waals surface area contributed by atoms with Gasteiger partial charge in [0.05, 0.1) is 28.9 Å². The quantitative estimate of drug-likeness (QED) is 0.517. The van der Waals surface area contributed by atoms with Gasteiger partial charge < -0.3 is 10.5 Å². The molecule has 0 saturated carbocycles. The fourth-order valence-corrected chi connectivity index (χ4v) is 2.44. The van der Waals surface area contributed by atoms with E-state index < -0.39 is 4.92 Å². The zero-order chi connectivity index (χ0) is 14.5. The van der Waals surface area contributed by atoms with Crippen LogP contribution in [0.25, 0.3) is 0 Å². The second-order valence-electron chi connectivity index (χ2n) is 3.97. The number of nitrogen functional groups attached to an aromatic ring is 1. The second kappa shape index (κ2) is 6.25. The average Bonchev–Trinajstić information content (AvgIpc) is 2.46. The molecule has 104 valence electrons. The second-order valence-corrected chi connectivity index (χ2v) is 4.97. The van der Waals surface area contributed by atoms with Gasteiger partial charge in [-0.05, 0) is 18.2 Å². The Morgan fingerprint density at radius 3 is 2.80 bits per heavy atom. The van der Waals surface area contributed by atoms with Crippen LogP contribution in [0.5, 0.6) is 5.75 Å². The Balaban J connectivity index is 2.16. The highest BCUT2D eigenvalue weighted by Gasteiger charge is 2.11. The van der Waals surface area contributed by atoms with E-state index in [9.17, 15) is 10.1 Å². The molecule has 20 heavy (non-hydrogen) atoms. The highest BCUT2D eigenvalue weighted by Crippen LogP contribution is 2.30. The number of methoxy groups -OCH3 is 1. The number of hydrogen-bond donors (Lipinski definition) is 1. The number of nitrogens with two attached hydrogens (primary N) is 1. The summed E-state index contributed by atoms with van der Waals surface area (Å²) >= 11 is 1.46. The van der Waals surface area contributed by atoms with E-state index in [0.29, 0.717) is 17.2 Å². The lowest BCUT2D eigenvalue weighted by Gasteiger charge is -2.07. The summed E-state index contributed by atoms with van der Waals surface area (Å²) in [6, 6.07) is 8.12. The van der Waals surface area contributed by atoms with Crippen LogP contribution in [0.2, 0.25) is 0 Å². The van der Waals surface area contributed by atoms with Crippen molar-refractivity contribution in [2.75, 3.05) is 12.8 Å². The molecule has 1 aromatic carbocycles. The number of hydrogen-bond acceptors (Lipinski definition) is 6. The number of pyridine rings is 1. The molecule has 0 bridgehead atoms. The number of non-ortho nitro benzene ring substituents is 1. The van der Waals surface area contributed by atoms with Crippen LogP contribution in [0.15, 0.2) is 41.6 Å². The van der Waals surface area contributed by atoms with Crippen molar-refractivity contribution in [2.24, 2.45) is 0 Å². The van der Waals surface area contributed by atoms with Crippen LogP contribution in [0, 0.1) is 10.1 Å². The monoisotopic (exact) mass is 291 g/mol. The summed E-state index contributed by atoms with van der Waals surface area (Å²) in [7, 11) is 1.54. The minimum absolute atomic E-state index is 0.0478. The summed E-state index contributed by atoms with van der Waals surface area (Å²) in [4.78, 5) is 14.5. The van der Waals surface area contributed by atoms with Gasteiger partial charge in [0.25, 0.3) is 5.69 Å². The summed E-state index contributed by atoms with van der Waals surface area (Å²) in [5.74, 6) is 1.15. The number of rotatable bonds is 5. The van der Waals surface area contributed by atoms with Gasteiger partial charge in [-0.25, -0.2) is 4.98 Å². The van der Waals surface area contributed by atoms with Crippen LogP contribution in [0.1, 0.15) is 5.56 Å². The number of anilines is 1. The average molecular weight is 291 g/mol. The first-order chi connectivity index (χ1) is 9.60. The van der Waals surface area contributed by atoms with Crippen LogP contribution in [-0.2, 0) is 5.75 Å². The first-order valence-electron chi connectivity index (χ1n) is 5.76. The van der Waals surface area contributed by atoms with Gasteiger partial charge in [0, 0.05) is 23.4 Å². The maximum Gasteiger partial charge on any atom is 0.270 e. The molecule has 0 saturated heterocycles. The summed E-state index contributed by atoms with van der Waals surface area (Å²) in [5, 5.41) is 11.6. The first-order valence-corrected chi connectivity index (χ1v) is 6.74. The maximum atomic E-state index is 10.8. The fraction of sp³-hybridized carbons (Fsp3) is 0.154. The minimum Gasteiger partial charge on any atom is -0.496 e. The van der Waals surface area contributed by atoms with Crippen molar-refractivity contribution in [1.82, 2.24) is 4.98 Å². The molecule has 0 spiro atoms. The molecule has 0 aliphatic rings. The Kier molecular flexibility index (Phi) is 4.41. The molecule has 2 aromatic rings. The summed E-state index contributed by atoms with van der Waals surface area (Å²) in [5.41, 5.74) is 6.97. The molecule has 0 aliphatic heterocycles. The van der Waals surface area contributed by atoms with E-state index in [0.717, 1.165) is 10.6 Å². The standard InChI is InChI=1S/C13H13N3O3S/c1-19-12-4-3-11(16(17)18)6-9(12)8-20-13-5-2-10(14)7-15-13/h2-7H,8,14H2,1H3. The van der Waals surface area contributed by atoms with Gasteiger partial charge in [0.2, 0.25) is 0 Å². The van der Waals surface area contributed by atoms with Crippen molar-refractivity contribution in [2.45, 2.75) is 10.8 Å². The predicted octanol–water partition coefficient (Wildman–Crippen LogP) is 2.87. The van der Waals surface area contributed by atoms with Crippen molar-refractivity contribution in [1.29, 1.82) is 0 Å². The van der Waals surface area contributed by atoms with E-state index in [1.165, 1.54) is 31.0 Å². The number of nitrogens with zero attached hydrogens (tertiary/aromatic N) is 2. The third kappa shape index (κ3) is 3.39. The molecule has 6 nitrogen and oxygen atoms in total. The smallest absolute Gasteiger partial charge is 0.270 e. The number of benzene rings is 1. The van der Waals surface area contributed by atoms with Gasteiger partial charge in [-0.1, -0.05) is 0 Å². The summed E-state index contributed by atoms with van der Waals surface area (Å²) in [6.07, 6.45) is 1.58. The third-order valence-electron chi connectivity index (χ3n) is 2.61. The van der Waals surface area contributed by atoms with Crippen LogP contribution in [0.4, 0.5) is 11.4 Å². The lowest BCUT2D eigenvalue weighted by atomic mass is 10.2. The van der Waals surface area contributed by atoms with Gasteiger partial charge in [0.15, 0.2) is 0 Å². The number of ether oxygens (including phenoxy) is 1. The van der Waals surface area contributed by atoms with E-state index in [2.05, 4.69) is 4.98 Å². The van der Waals surface area contributed by atoms with Crippen molar-refractivity contribution < 1.29 is 9.66 Å². The highest BCUT2D eigenvalue weighted by atomic mass is 32.2. The molecular weight excluding hydrogens is 278 g/mol. The fourth-order valence-electron chi connectivity index (χ4n) is 1.62. The minimum atomic E-state index is -0.422. The molecular formula is C13H13N3O3S. The van der Waals surface area contributed by atoms with Crippen LogP contribution in [0.3, 0.4) is 0 Å². The van der Waals surface area contributed by atoms with Gasteiger partial charge >= 0.3 is 0 Å². The molecule has 1 aromatic heterocycles. The number of thioether (sulfide) groups is 1. The van der Waals surface area contributed by atoms with Crippen LogP contribution < -0.4 is 10.5 Å². The lowest BCUT2D eigenvalue weighted by Crippen LogP contribution is -1.94. The van der Waals surface area contributed by atoms with Gasteiger partial charge in [-0.15, -0.1) is 11.8 Å². The van der Waals surface area contributed by atoms with Crippen molar-refractivity contribution in [3.05, 3.63) is 52.2 Å². The van der Waals surface area contributed by atoms with E-state index in [1.54, 1.807) is 18.3 Å². The predicted molar refractivity (Wildman–Crippen MR) is 77.9 cm³/mol. The zero-order valence-corrected chi connectivity index (χ0v) is 11.6. The Hall–Kier alpha value is -2.28. The van der Waals surface area contributed by atoms with Gasteiger partial charge in [-0.2, -0.15) is 0 Å². The molecule has 0 fully saturated rings. The molecule has 7 heteroatoms. The van der Waals surface area contributed by atoms with Crippen LogP contribution >= 0.6 is 11.8 Å². The van der Waals surface area contributed by atoms with Crippen molar-refractivity contribution in [3.63, 3.8) is 0 Å². The third-order valence-corrected chi connectivity index (χ3v) is 3.60. The summed E-state index contributed by atoms with van der Waals surface area (Å²) in [6.45, 7) is 0. The van der Waals surface area contributed by atoms with Crippen molar-refractivity contribution in [3.8, 4) is 5.75 Å². The van der Waals surface area contributed by atoms with E-state index in [-0.39, 0.29) is 5.69 Å². The molecule has 1 heterocycles. The molecule has 2 N–H and O–H groups in total. The summed E-state index contributed by atoms with van der Waals surface area (Å²) < 4.78 is 5.21. The van der Waals surface area contributed by atoms with E-state index in [4.69, 9.17) is 10.5 Å². The molecule has 0 atom stereocenters. The first kappa shape index (κ1) is 14.1. The van der Waals surface area contributed by atoms with Gasteiger partial charge in [-0.3, -0.25) is 10.1 Å². The van der Waals surface area contributed by atoms with Crippen molar-refractivity contribution >= 4 is 23.1 Å². The Labute approximate surface area is 120 Å². The van der Waals surface area contributed by atoms with Gasteiger partial charge in [0.1, 0.15) is 5.75 Å². The van der Waals surface area contributed by atoms with E-state index in [1.807, 2.05) is 6.07 Å².